The molecule has 2 aliphatic heterocycles. The summed E-state index contributed by atoms with van der Waals surface area (Å²) in [6, 6.07) is 8.32. The van der Waals surface area contributed by atoms with E-state index < -0.39 is 58.5 Å². The summed E-state index contributed by atoms with van der Waals surface area (Å²) in [5.74, 6) is -2.40. The first-order valence-corrected chi connectivity index (χ1v) is 13.2. The summed E-state index contributed by atoms with van der Waals surface area (Å²) in [5, 5.41) is 9.49. The number of fused-ring (bicyclic) bond motifs is 3. The van der Waals surface area contributed by atoms with Gasteiger partial charge < -0.3 is 14.9 Å². The number of carboxylic acids is 1. The average molecular weight is 565 g/mol. The molecule has 5 rings (SSSR count). The number of halogens is 5. The number of carbonyl (C=O) groups excluding carboxylic acids is 2. The van der Waals surface area contributed by atoms with Crippen molar-refractivity contribution in [3.8, 4) is 0 Å². The van der Waals surface area contributed by atoms with Crippen LogP contribution in [0.4, 0.5) is 22.0 Å². The molecule has 2 heterocycles. The number of benzene rings is 2. The van der Waals surface area contributed by atoms with Crippen LogP contribution in [0.5, 0.6) is 0 Å². The largest absolute Gasteiger partial charge is 0.480 e. The maximum absolute atomic E-state index is 14.8. The number of likely N-dealkylation sites (tertiary alicyclic amines) is 2. The summed E-state index contributed by atoms with van der Waals surface area (Å²) in [6.07, 6.45) is -3.44. The molecule has 0 saturated carbocycles. The third-order valence-electron chi connectivity index (χ3n) is 8.89. The maximum atomic E-state index is 14.8. The van der Waals surface area contributed by atoms with Gasteiger partial charge in [0.25, 0.3) is 0 Å². The predicted molar refractivity (Wildman–Crippen MR) is 134 cm³/mol. The van der Waals surface area contributed by atoms with Gasteiger partial charge in [0.1, 0.15) is 18.4 Å². The van der Waals surface area contributed by atoms with E-state index in [9.17, 15) is 41.4 Å². The highest BCUT2D eigenvalue weighted by molar-refractivity contribution is 5.91. The van der Waals surface area contributed by atoms with Crippen molar-refractivity contribution >= 4 is 17.8 Å². The fraction of sp³-hybridized carbons (Fsp3) is 0.483. The molecule has 4 atom stereocenters. The van der Waals surface area contributed by atoms with Crippen LogP contribution in [0, 0.1) is 5.82 Å². The van der Waals surface area contributed by atoms with Crippen LogP contribution >= 0.6 is 0 Å². The second-order valence-electron chi connectivity index (χ2n) is 11.1. The molecular weight excluding hydrogens is 535 g/mol. The molecule has 2 aromatic rings. The van der Waals surface area contributed by atoms with Crippen molar-refractivity contribution in [2.24, 2.45) is 0 Å². The van der Waals surface area contributed by atoms with Gasteiger partial charge in [0.2, 0.25) is 17.5 Å². The first-order valence-electron chi connectivity index (χ1n) is 13.2. The summed E-state index contributed by atoms with van der Waals surface area (Å²) in [4.78, 5) is 40.2. The zero-order valence-electron chi connectivity index (χ0n) is 21.8. The molecule has 2 fully saturated rings. The molecule has 1 aliphatic carbocycles. The zero-order valence-corrected chi connectivity index (χ0v) is 21.8. The molecule has 2 amide bonds. The smallest absolute Gasteiger partial charge is 0.426 e. The Morgan fingerprint density at radius 3 is 2.40 bits per heavy atom. The van der Waals surface area contributed by atoms with Gasteiger partial charge in [-0.05, 0) is 73.4 Å². The van der Waals surface area contributed by atoms with Crippen molar-refractivity contribution in [2.45, 2.75) is 74.8 Å². The van der Waals surface area contributed by atoms with E-state index >= 15 is 0 Å². The monoisotopic (exact) mass is 564 g/mol. The highest BCUT2D eigenvalue weighted by atomic mass is 19.4. The Balaban J connectivity index is 1.51. The summed E-state index contributed by atoms with van der Waals surface area (Å²) >= 11 is 0. The van der Waals surface area contributed by atoms with Gasteiger partial charge >= 0.3 is 12.1 Å². The molecule has 1 N–H and O–H groups in total. The van der Waals surface area contributed by atoms with Crippen LogP contribution in [0.25, 0.3) is 0 Å². The van der Waals surface area contributed by atoms with Crippen LogP contribution in [-0.4, -0.2) is 64.0 Å². The average Bonchev–Trinajstić information content (AvgIpc) is 3.45. The minimum atomic E-state index is -5.10. The van der Waals surface area contributed by atoms with Crippen molar-refractivity contribution in [2.75, 3.05) is 13.1 Å². The molecule has 3 aliphatic rings. The van der Waals surface area contributed by atoms with Gasteiger partial charge in [0.05, 0.1) is 0 Å². The van der Waals surface area contributed by atoms with Gasteiger partial charge in [0, 0.05) is 24.4 Å². The van der Waals surface area contributed by atoms with Gasteiger partial charge in [-0.25, -0.2) is 13.6 Å². The van der Waals surface area contributed by atoms with E-state index in [0.717, 1.165) is 16.5 Å². The van der Waals surface area contributed by atoms with Crippen LogP contribution in [0.15, 0.2) is 42.5 Å². The Bertz CT molecular complexity index is 1340. The predicted octanol–water partition coefficient (Wildman–Crippen LogP) is 4.68. The van der Waals surface area contributed by atoms with Crippen molar-refractivity contribution in [3.05, 3.63) is 70.5 Å². The van der Waals surface area contributed by atoms with Crippen LogP contribution in [0.1, 0.15) is 54.9 Å². The molecule has 0 radical (unpaired) electrons. The lowest BCUT2D eigenvalue weighted by Crippen LogP contribution is -2.52. The number of aliphatic carboxylic acids is 1. The normalized spacial score (nSPS) is 25.9. The molecule has 0 spiro atoms. The summed E-state index contributed by atoms with van der Waals surface area (Å²) in [5.41, 5.74) is -2.73. The molecule has 40 heavy (non-hydrogen) atoms. The van der Waals surface area contributed by atoms with Gasteiger partial charge in [-0.3, -0.25) is 9.59 Å². The van der Waals surface area contributed by atoms with E-state index in [0.29, 0.717) is 43.7 Å². The molecule has 0 bridgehead atoms. The number of hydrogen-bond acceptors (Lipinski definition) is 3. The van der Waals surface area contributed by atoms with Crippen molar-refractivity contribution < 1.29 is 41.4 Å². The quantitative estimate of drug-likeness (QED) is 0.518. The fourth-order valence-electron chi connectivity index (χ4n) is 6.71. The number of amides is 2. The van der Waals surface area contributed by atoms with Crippen LogP contribution in [0.3, 0.4) is 0 Å². The lowest BCUT2D eigenvalue weighted by atomic mass is 9.63. The SMILES string of the molecule is CC(F)(c1ccc2c(c1)CC[C@H]1N(C(=O)CN3C(=O)CC[C@H]3C(=O)O)CC[C@@]21Cc1ccc(F)cc1)C(F)(F)F. The van der Waals surface area contributed by atoms with Gasteiger partial charge in [-0.2, -0.15) is 13.2 Å². The van der Waals surface area contributed by atoms with Crippen molar-refractivity contribution in [3.63, 3.8) is 0 Å². The molecule has 2 saturated heterocycles. The second kappa shape index (κ2) is 9.85. The lowest BCUT2D eigenvalue weighted by molar-refractivity contribution is -0.228. The summed E-state index contributed by atoms with van der Waals surface area (Å²) < 4.78 is 68.9. The molecular formula is C29H29F5N2O4. The standard InChI is InChI=1S/C29H29F5N2O4/c1-27(31,29(32,33)34)19-5-8-21-18(14-19)4-10-23-28(21,15-17-2-6-20(30)7-3-17)12-13-35(23)25(38)16-36-22(26(39)40)9-11-24(36)37/h2-3,5-8,14,22-23H,4,9-13,15-16H2,1H3,(H,39,40)/t22-,23+,27?,28+/m0/s1. The first kappa shape index (κ1) is 28.0. The number of alkyl halides is 4. The van der Waals surface area contributed by atoms with E-state index in [1.54, 1.807) is 17.0 Å². The van der Waals surface area contributed by atoms with E-state index in [-0.39, 0.29) is 25.9 Å². The second-order valence-corrected chi connectivity index (χ2v) is 11.1. The van der Waals surface area contributed by atoms with Crippen LogP contribution in [-0.2, 0) is 38.3 Å². The molecule has 214 valence electrons. The maximum Gasteiger partial charge on any atom is 0.426 e. The van der Waals surface area contributed by atoms with Gasteiger partial charge in [0.15, 0.2) is 0 Å². The molecule has 6 nitrogen and oxygen atoms in total. The molecule has 0 aromatic heterocycles. The molecule has 1 unspecified atom stereocenters. The number of hydrogen-bond donors (Lipinski definition) is 1. The number of rotatable bonds is 6. The van der Waals surface area contributed by atoms with E-state index in [1.165, 1.54) is 24.3 Å². The van der Waals surface area contributed by atoms with E-state index in [2.05, 4.69) is 0 Å². The number of carboxylic acid groups (broad SMARTS) is 1. The Morgan fingerprint density at radius 1 is 1.05 bits per heavy atom. The van der Waals surface area contributed by atoms with Gasteiger partial charge in [-0.1, -0.05) is 30.3 Å². The zero-order chi connectivity index (χ0) is 29.0. The van der Waals surface area contributed by atoms with Gasteiger partial charge in [-0.15, -0.1) is 0 Å². The third-order valence-corrected chi connectivity index (χ3v) is 8.89. The van der Waals surface area contributed by atoms with Crippen molar-refractivity contribution in [1.29, 1.82) is 0 Å². The first-order chi connectivity index (χ1) is 18.7. The Kier molecular flexibility index (Phi) is 6.90. The fourth-order valence-corrected chi connectivity index (χ4v) is 6.71. The molecule has 11 heteroatoms. The van der Waals surface area contributed by atoms with E-state index in [1.807, 2.05) is 0 Å². The van der Waals surface area contributed by atoms with Crippen LogP contribution in [0.2, 0.25) is 0 Å². The minimum absolute atomic E-state index is 0.0449. The Hall–Kier alpha value is -3.50. The van der Waals surface area contributed by atoms with Crippen molar-refractivity contribution in [1.82, 2.24) is 9.80 Å². The highest BCUT2D eigenvalue weighted by Crippen LogP contribution is 2.51. The minimum Gasteiger partial charge on any atom is -0.480 e. The Morgan fingerprint density at radius 2 is 1.75 bits per heavy atom. The lowest BCUT2D eigenvalue weighted by Gasteiger charge is -2.44. The Labute approximate surface area is 227 Å². The number of aryl methyl sites for hydroxylation is 1. The summed E-state index contributed by atoms with van der Waals surface area (Å²) in [6.45, 7) is 0.403. The third kappa shape index (κ3) is 4.62. The number of nitrogens with zero attached hydrogens (tertiary/aromatic N) is 2. The highest BCUT2D eigenvalue weighted by Gasteiger charge is 2.56. The topological polar surface area (TPSA) is 77.9 Å². The van der Waals surface area contributed by atoms with Crippen LogP contribution < -0.4 is 0 Å². The molecule has 2 aromatic carbocycles. The van der Waals surface area contributed by atoms with E-state index in [4.69, 9.17) is 0 Å². The summed E-state index contributed by atoms with van der Waals surface area (Å²) in [7, 11) is 0. The number of carbonyl (C=O) groups is 3.